The predicted octanol–water partition coefficient (Wildman–Crippen LogP) is 2.53. The molecule has 1 aromatic heterocycles. The average Bonchev–Trinajstić information content (AvgIpc) is 3.16. The highest BCUT2D eigenvalue weighted by Crippen LogP contribution is 2.39. The van der Waals surface area contributed by atoms with Crippen LogP contribution in [0.25, 0.3) is 10.9 Å². The smallest absolute Gasteiger partial charge is 0.277 e. The first-order valence-corrected chi connectivity index (χ1v) is 10.7. The third kappa shape index (κ3) is 2.55. The summed E-state index contributed by atoms with van der Waals surface area (Å²) in [6.45, 7) is 0.00797. The highest BCUT2D eigenvalue weighted by atomic mass is 35.7. The Bertz CT molecular complexity index is 1200. The molecule has 25 heavy (non-hydrogen) atoms. The fourth-order valence-corrected chi connectivity index (χ4v) is 5.70. The number of hydrogen-bond donors (Lipinski definition) is 0. The Balaban J connectivity index is 2.11. The molecule has 1 aliphatic rings. The zero-order valence-electron chi connectivity index (χ0n) is 12.4. The van der Waals surface area contributed by atoms with E-state index < -0.39 is 24.1 Å². The first-order chi connectivity index (χ1) is 11.8. The van der Waals surface area contributed by atoms with Crippen LogP contribution in [-0.2, 0) is 19.1 Å². The van der Waals surface area contributed by atoms with Crippen LogP contribution in [0.1, 0.15) is 0 Å². The normalized spacial score (nSPS) is 14.1. The number of nitrogens with zero attached hydrogens (tertiary/aromatic N) is 1. The van der Waals surface area contributed by atoms with Crippen LogP contribution >= 0.6 is 10.7 Å². The molecule has 0 N–H and O–H groups in total. The number of ether oxygens (including phenoxy) is 2. The molecule has 7 nitrogen and oxygen atoms in total. The lowest BCUT2D eigenvalue weighted by Crippen LogP contribution is -2.16. The number of hydrogen-bond acceptors (Lipinski definition) is 6. The van der Waals surface area contributed by atoms with Crippen LogP contribution in [-0.4, -0.2) is 27.6 Å². The van der Waals surface area contributed by atoms with Gasteiger partial charge < -0.3 is 9.47 Å². The number of rotatable bonds is 3. The number of halogens is 1. The summed E-state index contributed by atoms with van der Waals surface area (Å²) in [5.41, 5.74) is 0.132. The van der Waals surface area contributed by atoms with Gasteiger partial charge in [0.05, 0.1) is 10.4 Å². The van der Waals surface area contributed by atoms with Crippen molar-refractivity contribution >= 4 is 40.7 Å². The van der Waals surface area contributed by atoms with Crippen molar-refractivity contribution in [1.82, 2.24) is 3.97 Å². The van der Waals surface area contributed by atoms with Gasteiger partial charge in [0, 0.05) is 22.1 Å². The van der Waals surface area contributed by atoms with E-state index in [9.17, 15) is 16.8 Å². The van der Waals surface area contributed by atoms with Gasteiger partial charge in [0.25, 0.3) is 19.1 Å². The van der Waals surface area contributed by atoms with Gasteiger partial charge in [-0.25, -0.2) is 20.8 Å². The standard InChI is InChI=1S/C15H10ClNO6S2/c16-24(18,19)15-7-10-6-13-14(23-9-22-13)8-12(10)17(15)25(20,21)11-4-2-1-3-5-11/h1-8H,9H2. The zero-order valence-corrected chi connectivity index (χ0v) is 14.8. The molecule has 0 aliphatic carbocycles. The summed E-state index contributed by atoms with van der Waals surface area (Å²) in [5.74, 6) is 0.730. The molecular weight excluding hydrogens is 390 g/mol. The molecule has 2 heterocycles. The van der Waals surface area contributed by atoms with E-state index in [-0.39, 0.29) is 17.2 Å². The number of benzene rings is 2. The molecule has 3 aromatic rings. The van der Waals surface area contributed by atoms with Gasteiger partial charge in [0.1, 0.15) is 0 Å². The van der Waals surface area contributed by atoms with Gasteiger partial charge >= 0.3 is 0 Å². The van der Waals surface area contributed by atoms with E-state index in [0.717, 1.165) is 0 Å². The van der Waals surface area contributed by atoms with Crippen LogP contribution < -0.4 is 9.47 Å². The molecule has 130 valence electrons. The van der Waals surface area contributed by atoms with Crippen molar-refractivity contribution < 1.29 is 26.3 Å². The lowest BCUT2D eigenvalue weighted by molar-refractivity contribution is 0.174. The van der Waals surface area contributed by atoms with E-state index in [4.69, 9.17) is 20.2 Å². The van der Waals surface area contributed by atoms with Crippen LogP contribution in [0.5, 0.6) is 11.5 Å². The molecule has 0 saturated carbocycles. The van der Waals surface area contributed by atoms with Gasteiger partial charge in [-0.1, -0.05) is 18.2 Å². The van der Waals surface area contributed by atoms with E-state index >= 15 is 0 Å². The summed E-state index contributed by atoms with van der Waals surface area (Å²) in [6.07, 6.45) is 0. The summed E-state index contributed by atoms with van der Waals surface area (Å²) < 4.78 is 61.3. The second-order valence-corrected chi connectivity index (χ2v) is 9.57. The maximum atomic E-state index is 13.0. The molecular formula is C15H10ClNO6S2. The SMILES string of the molecule is O=S(=O)(Cl)c1cc2cc3c(cc2n1S(=O)(=O)c1ccccc1)OCO3. The summed E-state index contributed by atoms with van der Waals surface area (Å²) >= 11 is 0. The molecule has 10 heteroatoms. The lowest BCUT2D eigenvalue weighted by Gasteiger charge is -2.10. The van der Waals surface area contributed by atoms with Gasteiger partial charge in [-0.15, -0.1) is 0 Å². The highest BCUT2D eigenvalue weighted by molar-refractivity contribution is 8.14. The maximum absolute atomic E-state index is 13.0. The zero-order chi connectivity index (χ0) is 17.8. The Morgan fingerprint density at radius 1 is 0.920 bits per heavy atom. The van der Waals surface area contributed by atoms with Gasteiger partial charge in [0.2, 0.25) is 6.79 Å². The molecule has 0 amide bonds. The number of aromatic nitrogens is 1. The fourth-order valence-electron chi connectivity index (χ4n) is 2.66. The quantitative estimate of drug-likeness (QED) is 0.628. The summed E-state index contributed by atoms with van der Waals surface area (Å²) in [4.78, 5) is -0.0632. The van der Waals surface area contributed by atoms with Crippen LogP contribution in [0.2, 0.25) is 0 Å². The Morgan fingerprint density at radius 2 is 1.56 bits per heavy atom. The second kappa shape index (κ2) is 5.38. The summed E-state index contributed by atoms with van der Waals surface area (Å²) in [5, 5.41) is -0.195. The molecule has 0 radical (unpaired) electrons. The summed E-state index contributed by atoms with van der Waals surface area (Å²) in [7, 11) is -3.04. The first kappa shape index (κ1) is 16.2. The van der Waals surface area contributed by atoms with Crippen LogP contribution in [0, 0.1) is 0 Å². The Morgan fingerprint density at radius 3 is 2.20 bits per heavy atom. The molecule has 0 spiro atoms. The van der Waals surface area contributed by atoms with Crippen molar-refractivity contribution in [2.75, 3.05) is 6.79 Å². The third-order valence-corrected chi connectivity index (χ3v) is 6.88. The maximum Gasteiger partial charge on any atom is 0.277 e. The first-order valence-electron chi connectivity index (χ1n) is 6.99. The fraction of sp³-hybridized carbons (Fsp3) is 0.0667. The van der Waals surface area contributed by atoms with Crippen molar-refractivity contribution in [3.63, 3.8) is 0 Å². The number of fused-ring (bicyclic) bond motifs is 2. The third-order valence-electron chi connectivity index (χ3n) is 3.75. The molecule has 0 fully saturated rings. The minimum atomic E-state index is -4.33. The van der Waals surface area contributed by atoms with Crippen LogP contribution in [0.15, 0.2) is 58.5 Å². The van der Waals surface area contributed by atoms with Gasteiger partial charge in [-0.2, -0.15) is 0 Å². The van der Waals surface area contributed by atoms with Crippen molar-refractivity contribution in [1.29, 1.82) is 0 Å². The van der Waals surface area contributed by atoms with Crippen molar-refractivity contribution in [3.8, 4) is 11.5 Å². The summed E-state index contributed by atoms with van der Waals surface area (Å²) in [6, 6.07) is 11.6. The average molecular weight is 400 g/mol. The van der Waals surface area contributed by atoms with Crippen molar-refractivity contribution in [3.05, 3.63) is 48.5 Å². The minimum absolute atomic E-state index is 0.00797. The van der Waals surface area contributed by atoms with Gasteiger partial charge in [-0.05, 0) is 24.3 Å². The molecule has 0 unspecified atom stereocenters. The Kier molecular flexibility index (Phi) is 3.50. The predicted molar refractivity (Wildman–Crippen MR) is 90.1 cm³/mol. The highest BCUT2D eigenvalue weighted by Gasteiger charge is 2.30. The van der Waals surface area contributed by atoms with E-state index in [1.807, 2.05) is 0 Å². The topological polar surface area (TPSA) is 91.7 Å². The minimum Gasteiger partial charge on any atom is -0.454 e. The van der Waals surface area contributed by atoms with Gasteiger partial charge in [0.15, 0.2) is 16.5 Å². The molecule has 0 saturated heterocycles. The van der Waals surface area contributed by atoms with E-state index in [1.165, 1.54) is 30.3 Å². The van der Waals surface area contributed by atoms with Gasteiger partial charge in [-0.3, -0.25) is 0 Å². The molecule has 0 bridgehead atoms. The Hall–Kier alpha value is -2.23. The second-order valence-electron chi connectivity index (χ2n) is 5.27. The lowest BCUT2D eigenvalue weighted by atomic mass is 10.2. The van der Waals surface area contributed by atoms with E-state index in [0.29, 0.717) is 20.9 Å². The molecule has 2 aromatic carbocycles. The molecule has 4 rings (SSSR count). The molecule has 1 aliphatic heterocycles. The molecule has 0 atom stereocenters. The monoisotopic (exact) mass is 399 g/mol. The van der Waals surface area contributed by atoms with E-state index in [2.05, 4.69) is 0 Å². The van der Waals surface area contributed by atoms with E-state index in [1.54, 1.807) is 18.2 Å². The van der Waals surface area contributed by atoms with Crippen LogP contribution in [0.3, 0.4) is 0 Å². The van der Waals surface area contributed by atoms with Crippen molar-refractivity contribution in [2.45, 2.75) is 9.92 Å². The van der Waals surface area contributed by atoms with Crippen molar-refractivity contribution in [2.24, 2.45) is 0 Å². The largest absolute Gasteiger partial charge is 0.454 e. The Labute approximate surface area is 147 Å². The van der Waals surface area contributed by atoms with Crippen LogP contribution in [0.4, 0.5) is 0 Å².